The van der Waals surface area contributed by atoms with Crippen LogP contribution in [0.1, 0.15) is 97.1 Å². The minimum atomic E-state index is -0.0133. The first-order valence-electron chi connectivity index (χ1n) is 17.7. The van der Waals surface area contributed by atoms with Gasteiger partial charge >= 0.3 is 0 Å². The van der Waals surface area contributed by atoms with Crippen LogP contribution in [0.3, 0.4) is 0 Å². The number of carbonyl (C=O) groups is 1. The Bertz CT molecular complexity index is 1710. The first-order valence-corrected chi connectivity index (χ1v) is 17.7. The number of likely N-dealkylation sites (N-methyl/N-ethyl adjacent to an activating group) is 1. The summed E-state index contributed by atoms with van der Waals surface area (Å²) in [7, 11) is 6.08. The van der Waals surface area contributed by atoms with Crippen molar-refractivity contribution in [2.24, 2.45) is 5.92 Å². The van der Waals surface area contributed by atoms with Gasteiger partial charge in [0.05, 0.1) is 29.2 Å². The van der Waals surface area contributed by atoms with Crippen LogP contribution in [0.15, 0.2) is 48.5 Å². The molecule has 3 unspecified atom stereocenters. The summed E-state index contributed by atoms with van der Waals surface area (Å²) in [6.45, 7) is 21.5. The molecule has 1 aliphatic rings. The molecule has 5 aromatic rings. The topological polar surface area (TPSA) is 51.4 Å². The molecule has 1 N–H and O–H groups in total. The Balaban J connectivity index is 0.000000765. The first-order chi connectivity index (χ1) is 22.4. The summed E-state index contributed by atoms with van der Waals surface area (Å²) >= 11 is 0. The van der Waals surface area contributed by atoms with Crippen LogP contribution >= 0.6 is 0 Å². The molecule has 3 heterocycles. The molecule has 0 aliphatic carbocycles. The highest BCUT2D eigenvalue weighted by Crippen LogP contribution is 2.47. The zero-order valence-corrected chi connectivity index (χ0v) is 30.7. The van der Waals surface area contributed by atoms with Gasteiger partial charge in [0.15, 0.2) is 6.29 Å². The summed E-state index contributed by atoms with van der Waals surface area (Å²) in [6, 6.07) is 17.6. The molecule has 0 spiro atoms. The fourth-order valence-corrected chi connectivity index (χ4v) is 7.46. The van der Waals surface area contributed by atoms with Gasteiger partial charge < -0.3 is 19.2 Å². The van der Waals surface area contributed by atoms with Gasteiger partial charge in [-0.3, -0.25) is 9.69 Å². The second-order valence-corrected chi connectivity index (χ2v) is 12.3. The summed E-state index contributed by atoms with van der Waals surface area (Å²) in [4.78, 5) is 15.5. The van der Waals surface area contributed by atoms with Crippen LogP contribution in [0.25, 0.3) is 43.6 Å². The van der Waals surface area contributed by atoms with E-state index in [-0.39, 0.29) is 18.2 Å². The normalized spacial score (nSPS) is 17.4. The fourth-order valence-electron chi connectivity index (χ4n) is 7.46. The number of nitrogens with zero attached hydrogens (tertiary/aromatic N) is 3. The number of para-hydroxylation sites is 2. The van der Waals surface area contributed by atoms with Crippen LogP contribution in [0.4, 0.5) is 0 Å². The van der Waals surface area contributed by atoms with Gasteiger partial charge in [0.2, 0.25) is 0 Å². The van der Waals surface area contributed by atoms with E-state index in [2.05, 4.69) is 110 Å². The Morgan fingerprint density at radius 1 is 0.935 bits per heavy atom. The highest BCUT2D eigenvalue weighted by atomic mass is 16.5. The lowest BCUT2D eigenvalue weighted by atomic mass is 9.94. The van der Waals surface area contributed by atoms with Crippen LogP contribution in [-0.4, -0.2) is 60.2 Å². The molecular weight excluding hydrogens is 568 g/mol. The molecule has 1 aliphatic heterocycles. The second-order valence-electron chi connectivity index (χ2n) is 12.3. The molecule has 0 saturated carbocycles. The highest BCUT2D eigenvalue weighted by molar-refractivity contribution is 6.28. The number of rotatable bonds is 8. The predicted molar refractivity (Wildman–Crippen MR) is 201 cm³/mol. The fraction of sp³-hybridized carbons (Fsp3) is 0.525. The Labute approximate surface area is 278 Å². The van der Waals surface area contributed by atoms with Crippen molar-refractivity contribution in [2.45, 2.75) is 106 Å². The predicted octanol–water partition coefficient (Wildman–Crippen LogP) is 9.84. The van der Waals surface area contributed by atoms with Crippen LogP contribution < -0.4 is 5.32 Å². The van der Waals surface area contributed by atoms with Gasteiger partial charge in [0.25, 0.3) is 0 Å². The van der Waals surface area contributed by atoms with E-state index in [0.29, 0.717) is 12.5 Å². The number of nitrogens with one attached hydrogen (secondary N) is 1. The molecule has 46 heavy (non-hydrogen) atoms. The lowest BCUT2D eigenvalue weighted by Crippen LogP contribution is -2.50. The SMILES string of the molecule is CC.CC.CCC.CCC1C(OC)C(N(C)CC(C)C)Cn2c3ccccc3c3c(C=O)c(CNC)c4c5ccccc5n1c4c32. The Morgan fingerprint density at radius 3 is 2.02 bits per heavy atom. The van der Waals surface area contributed by atoms with Crippen LogP contribution in [0.5, 0.6) is 0 Å². The van der Waals surface area contributed by atoms with Gasteiger partial charge in [-0.1, -0.05) is 105 Å². The van der Waals surface area contributed by atoms with E-state index in [1.165, 1.54) is 39.3 Å². The van der Waals surface area contributed by atoms with Crippen molar-refractivity contribution in [3.8, 4) is 0 Å². The van der Waals surface area contributed by atoms with E-state index in [1.54, 1.807) is 0 Å². The lowest BCUT2D eigenvalue weighted by Gasteiger charge is -2.41. The van der Waals surface area contributed by atoms with E-state index >= 15 is 0 Å². The van der Waals surface area contributed by atoms with Crippen molar-refractivity contribution in [1.29, 1.82) is 0 Å². The van der Waals surface area contributed by atoms with Gasteiger partial charge in [0, 0.05) is 64.9 Å². The van der Waals surface area contributed by atoms with Crippen molar-refractivity contribution < 1.29 is 9.53 Å². The summed E-state index contributed by atoms with van der Waals surface area (Å²) in [5.74, 6) is 0.539. The number of methoxy groups -OCH3 is 1. The number of carbonyl (C=O) groups excluding carboxylic acids is 1. The molecule has 3 atom stereocenters. The second kappa shape index (κ2) is 17.1. The summed E-state index contributed by atoms with van der Waals surface area (Å²) in [6.07, 6.45) is 3.26. The third-order valence-electron chi connectivity index (χ3n) is 8.84. The van der Waals surface area contributed by atoms with Crippen molar-refractivity contribution in [1.82, 2.24) is 19.4 Å². The molecule has 0 saturated heterocycles. The van der Waals surface area contributed by atoms with Crippen molar-refractivity contribution >= 4 is 49.9 Å². The van der Waals surface area contributed by atoms with Gasteiger partial charge in [0.1, 0.15) is 0 Å². The number of hydrogen-bond acceptors (Lipinski definition) is 4. The van der Waals surface area contributed by atoms with Crippen molar-refractivity contribution in [3.63, 3.8) is 0 Å². The Morgan fingerprint density at radius 2 is 1.50 bits per heavy atom. The average molecular weight is 629 g/mol. The monoisotopic (exact) mass is 628 g/mol. The summed E-state index contributed by atoms with van der Waals surface area (Å²) in [5.41, 5.74) is 6.63. The van der Waals surface area contributed by atoms with Crippen LogP contribution in [0.2, 0.25) is 0 Å². The van der Waals surface area contributed by atoms with Crippen LogP contribution in [0, 0.1) is 5.92 Å². The zero-order valence-electron chi connectivity index (χ0n) is 30.7. The quantitative estimate of drug-likeness (QED) is 0.174. The molecule has 3 aromatic carbocycles. The molecule has 0 amide bonds. The Hall–Kier alpha value is -3.19. The molecule has 2 aromatic heterocycles. The maximum absolute atomic E-state index is 13.0. The minimum absolute atomic E-state index is 0.0133. The largest absolute Gasteiger partial charge is 0.378 e. The van der Waals surface area contributed by atoms with E-state index in [0.717, 1.165) is 47.7 Å². The molecule has 6 heteroatoms. The molecule has 0 fully saturated rings. The number of hydrogen-bond donors (Lipinski definition) is 1. The van der Waals surface area contributed by atoms with E-state index in [9.17, 15) is 4.79 Å². The van der Waals surface area contributed by atoms with E-state index < -0.39 is 0 Å². The van der Waals surface area contributed by atoms with E-state index in [4.69, 9.17) is 4.74 Å². The van der Waals surface area contributed by atoms with Crippen LogP contribution in [-0.2, 0) is 17.8 Å². The third kappa shape index (κ3) is 6.49. The summed E-state index contributed by atoms with van der Waals surface area (Å²) in [5, 5.41) is 7.95. The molecule has 0 radical (unpaired) electrons. The molecule has 0 bridgehead atoms. The lowest BCUT2D eigenvalue weighted by molar-refractivity contribution is -0.0190. The standard InChI is InChI=1S/C33H40N4O2.C3H8.2C2H6/c1-7-25-33(39-6)28(35(5)17-20(2)3)18-36-26-14-10-8-12-21(26)30-24(19-38)23(16-34-4)29-22-13-9-11-15-27(22)37(25)32(29)31(30)36;1-3-2;2*1-2/h8-15,19-20,25,28,33-34H,7,16-18H2,1-6H3;3H2,1-2H3;2*1-2H3. The van der Waals surface area contributed by atoms with Crippen molar-refractivity contribution in [2.75, 3.05) is 27.7 Å². The number of ether oxygens (including phenoxy) is 1. The number of fused-ring (bicyclic) bond motifs is 6. The average Bonchev–Trinajstić information content (AvgIpc) is 3.57. The van der Waals surface area contributed by atoms with Crippen molar-refractivity contribution in [3.05, 3.63) is 59.7 Å². The van der Waals surface area contributed by atoms with Gasteiger partial charge in [-0.05, 0) is 44.1 Å². The maximum Gasteiger partial charge on any atom is 0.151 e. The number of aldehydes is 1. The Kier molecular flexibility index (Phi) is 13.9. The molecular formula is C40H60N4O2. The maximum atomic E-state index is 13.0. The number of aromatic nitrogens is 2. The number of benzene rings is 3. The highest BCUT2D eigenvalue weighted by Gasteiger charge is 2.39. The van der Waals surface area contributed by atoms with Gasteiger partial charge in [-0.2, -0.15) is 0 Å². The molecule has 6 nitrogen and oxygen atoms in total. The summed E-state index contributed by atoms with van der Waals surface area (Å²) < 4.78 is 11.5. The molecule has 252 valence electrons. The smallest absolute Gasteiger partial charge is 0.151 e. The minimum Gasteiger partial charge on any atom is -0.378 e. The first kappa shape index (κ1) is 37.3. The van der Waals surface area contributed by atoms with Gasteiger partial charge in [-0.15, -0.1) is 0 Å². The van der Waals surface area contributed by atoms with E-state index in [1.807, 2.05) is 41.9 Å². The van der Waals surface area contributed by atoms with Gasteiger partial charge in [-0.25, -0.2) is 0 Å². The molecule has 6 rings (SSSR count). The zero-order chi connectivity index (χ0) is 34.1. The third-order valence-corrected chi connectivity index (χ3v) is 8.84.